The average molecular weight is 391 g/mol. The van der Waals surface area contributed by atoms with E-state index in [4.69, 9.17) is 12.2 Å². The number of rotatable bonds is 3. The van der Waals surface area contributed by atoms with E-state index in [9.17, 15) is 4.79 Å². The highest BCUT2D eigenvalue weighted by Gasteiger charge is 2.14. The van der Waals surface area contributed by atoms with Gasteiger partial charge >= 0.3 is 0 Å². The molecule has 0 fully saturated rings. The highest BCUT2D eigenvalue weighted by atomic mass is 35.5. The van der Waals surface area contributed by atoms with Gasteiger partial charge in [-0.3, -0.25) is 10.1 Å². The van der Waals surface area contributed by atoms with Crippen molar-refractivity contribution in [1.82, 2.24) is 5.32 Å². The molecule has 0 radical (unpaired) electrons. The van der Waals surface area contributed by atoms with E-state index >= 15 is 0 Å². The zero-order chi connectivity index (χ0) is 18.6. The van der Waals surface area contributed by atoms with Crippen LogP contribution in [0.2, 0.25) is 0 Å². The molecular formula is C20H25ClN3OS-. The first kappa shape index (κ1) is 21.9. The fourth-order valence-electron chi connectivity index (χ4n) is 2.30. The van der Waals surface area contributed by atoms with E-state index < -0.39 is 0 Å². The van der Waals surface area contributed by atoms with Crippen molar-refractivity contribution in [2.45, 2.75) is 26.2 Å². The number of halogens is 1. The summed E-state index contributed by atoms with van der Waals surface area (Å²) >= 11 is 5.23. The minimum Gasteiger partial charge on any atom is -1.00 e. The molecule has 0 bridgehead atoms. The zero-order valence-electron chi connectivity index (χ0n) is 15.8. The number of anilines is 2. The second-order valence-electron chi connectivity index (χ2n) is 7.18. The Morgan fingerprint density at radius 1 is 0.962 bits per heavy atom. The molecule has 4 nitrogen and oxygen atoms in total. The number of nitrogens with one attached hydrogen (secondary N) is 2. The predicted molar refractivity (Wildman–Crippen MR) is 110 cm³/mol. The number of amides is 1. The number of thiocarbonyl (C=S) groups is 1. The molecule has 2 aromatic rings. The highest BCUT2D eigenvalue weighted by Crippen LogP contribution is 2.22. The van der Waals surface area contributed by atoms with Crippen LogP contribution >= 0.6 is 12.2 Å². The van der Waals surface area contributed by atoms with Crippen LogP contribution in [0.15, 0.2) is 48.5 Å². The Hall–Kier alpha value is -2.11. The van der Waals surface area contributed by atoms with Crippen LogP contribution in [-0.2, 0) is 5.41 Å². The van der Waals surface area contributed by atoms with Gasteiger partial charge < -0.3 is 22.6 Å². The van der Waals surface area contributed by atoms with Gasteiger partial charge in [-0.05, 0) is 59.6 Å². The maximum absolute atomic E-state index is 12.3. The van der Waals surface area contributed by atoms with Crippen LogP contribution in [-0.4, -0.2) is 25.1 Å². The van der Waals surface area contributed by atoms with Gasteiger partial charge in [0.15, 0.2) is 5.11 Å². The molecule has 6 heteroatoms. The summed E-state index contributed by atoms with van der Waals surface area (Å²) in [5, 5.41) is 6.02. The third-order valence-electron chi connectivity index (χ3n) is 3.88. The van der Waals surface area contributed by atoms with Gasteiger partial charge in [-0.1, -0.05) is 32.9 Å². The summed E-state index contributed by atoms with van der Waals surface area (Å²) in [4.78, 5) is 14.3. The Kier molecular flexibility index (Phi) is 7.60. The second kappa shape index (κ2) is 9.01. The molecule has 140 valence electrons. The van der Waals surface area contributed by atoms with E-state index in [1.807, 2.05) is 67.5 Å². The smallest absolute Gasteiger partial charge is 0.257 e. The number of hydrogen-bond acceptors (Lipinski definition) is 3. The van der Waals surface area contributed by atoms with Crippen molar-refractivity contribution in [3.05, 3.63) is 59.7 Å². The molecule has 2 rings (SSSR count). The summed E-state index contributed by atoms with van der Waals surface area (Å²) in [6, 6.07) is 15.4. The van der Waals surface area contributed by atoms with E-state index in [2.05, 4.69) is 31.4 Å². The van der Waals surface area contributed by atoms with Crippen LogP contribution in [0.4, 0.5) is 11.4 Å². The molecule has 26 heavy (non-hydrogen) atoms. The van der Waals surface area contributed by atoms with Crippen molar-refractivity contribution in [2.75, 3.05) is 24.3 Å². The van der Waals surface area contributed by atoms with E-state index in [0.29, 0.717) is 5.56 Å². The summed E-state index contributed by atoms with van der Waals surface area (Å²) in [5.74, 6) is -0.220. The summed E-state index contributed by atoms with van der Waals surface area (Å²) in [6.45, 7) is 6.42. The Balaban J connectivity index is 0.00000338. The number of nitrogens with zero attached hydrogens (tertiary/aromatic N) is 1. The SMILES string of the molecule is CN(C)c1ccc(NC(=S)NC(=O)c2ccc(C(C)(C)C)cc2)cc1.[Cl-]. The van der Waals surface area contributed by atoms with Gasteiger partial charge in [0.25, 0.3) is 5.91 Å². The number of hydrogen-bond donors (Lipinski definition) is 2. The molecule has 0 unspecified atom stereocenters. The Morgan fingerprint density at radius 2 is 1.50 bits per heavy atom. The van der Waals surface area contributed by atoms with Gasteiger partial charge in [0.1, 0.15) is 0 Å². The van der Waals surface area contributed by atoms with Gasteiger partial charge in [-0.2, -0.15) is 0 Å². The minimum absolute atomic E-state index is 0. The van der Waals surface area contributed by atoms with Gasteiger partial charge in [0.05, 0.1) is 0 Å². The highest BCUT2D eigenvalue weighted by molar-refractivity contribution is 7.80. The van der Waals surface area contributed by atoms with Crippen LogP contribution in [0.1, 0.15) is 36.7 Å². The monoisotopic (exact) mass is 390 g/mol. The number of carbonyl (C=O) groups excluding carboxylic acids is 1. The summed E-state index contributed by atoms with van der Waals surface area (Å²) < 4.78 is 0. The molecule has 2 N–H and O–H groups in total. The lowest BCUT2D eigenvalue weighted by atomic mass is 9.87. The number of benzene rings is 2. The van der Waals surface area contributed by atoms with Crippen LogP contribution in [0.5, 0.6) is 0 Å². The quantitative estimate of drug-likeness (QED) is 0.772. The first-order chi connectivity index (χ1) is 11.7. The van der Waals surface area contributed by atoms with E-state index in [-0.39, 0.29) is 28.8 Å². The maximum Gasteiger partial charge on any atom is 0.257 e. The van der Waals surface area contributed by atoms with Crippen LogP contribution < -0.4 is 27.9 Å². The molecule has 0 aliphatic heterocycles. The largest absolute Gasteiger partial charge is 1.00 e. The fourth-order valence-corrected chi connectivity index (χ4v) is 2.51. The molecule has 0 aliphatic carbocycles. The van der Waals surface area contributed by atoms with Crippen molar-refractivity contribution in [2.24, 2.45) is 0 Å². The molecule has 0 saturated heterocycles. The molecule has 0 aromatic heterocycles. The lowest BCUT2D eigenvalue weighted by Gasteiger charge is -2.19. The topological polar surface area (TPSA) is 44.4 Å². The van der Waals surface area contributed by atoms with Gasteiger partial charge in [0, 0.05) is 31.0 Å². The maximum atomic E-state index is 12.3. The van der Waals surface area contributed by atoms with Gasteiger partial charge in [-0.15, -0.1) is 0 Å². The van der Waals surface area contributed by atoms with Crippen LogP contribution in [0.25, 0.3) is 0 Å². The summed E-state index contributed by atoms with van der Waals surface area (Å²) in [5.41, 5.74) is 3.76. The molecule has 0 saturated carbocycles. The van der Waals surface area contributed by atoms with E-state index in [1.165, 1.54) is 5.56 Å². The van der Waals surface area contributed by atoms with Crippen molar-refractivity contribution < 1.29 is 17.2 Å². The molecule has 0 spiro atoms. The first-order valence-corrected chi connectivity index (χ1v) is 8.58. The Labute approximate surface area is 167 Å². The van der Waals surface area contributed by atoms with E-state index in [0.717, 1.165) is 11.4 Å². The molecule has 2 aromatic carbocycles. The summed E-state index contributed by atoms with van der Waals surface area (Å²) in [7, 11) is 3.97. The third kappa shape index (κ3) is 6.00. The normalized spacial score (nSPS) is 10.5. The third-order valence-corrected chi connectivity index (χ3v) is 4.09. The van der Waals surface area contributed by atoms with Gasteiger partial charge in [0.2, 0.25) is 0 Å². The molecule has 0 atom stereocenters. The Morgan fingerprint density at radius 3 is 1.96 bits per heavy atom. The fraction of sp³-hybridized carbons (Fsp3) is 0.300. The number of carbonyl (C=O) groups is 1. The van der Waals surface area contributed by atoms with Crippen LogP contribution in [0.3, 0.4) is 0 Å². The van der Waals surface area contributed by atoms with Crippen molar-refractivity contribution >= 4 is 34.6 Å². The molecule has 0 aliphatic rings. The lowest BCUT2D eigenvalue weighted by Crippen LogP contribution is -3.00. The zero-order valence-corrected chi connectivity index (χ0v) is 17.3. The first-order valence-electron chi connectivity index (χ1n) is 8.17. The van der Waals surface area contributed by atoms with Crippen molar-refractivity contribution in [3.8, 4) is 0 Å². The van der Waals surface area contributed by atoms with Crippen LogP contribution in [0, 0.1) is 0 Å². The van der Waals surface area contributed by atoms with Gasteiger partial charge in [-0.25, -0.2) is 0 Å². The van der Waals surface area contributed by atoms with E-state index in [1.54, 1.807) is 0 Å². The average Bonchev–Trinajstić information content (AvgIpc) is 2.54. The molecular weight excluding hydrogens is 366 g/mol. The second-order valence-corrected chi connectivity index (χ2v) is 7.59. The molecule has 1 amide bonds. The summed E-state index contributed by atoms with van der Waals surface area (Å²) in [6.07, 6.45) is 0. The predicted octanol–water partition coefficient (Wildman–Crippen LogP) is 1.18. The molecule has 0 heterocycles. The van der Waals surface area contributed by atoms with Crippen molar-refractivity contribution in [1.29, 1.82) is 0 Å². The lowest BCUT2D eigenvalue weighted by molar-refractivity contribution is -0.0000138. The Bertz CT molecular complexity index is 750. The standard InChI is InChI=1S/C20H25N3OS.ClH/c1-20(2,3)15-8-6-14(7-9-15)18(24)22-19(25)21-16-10-12-17(13-11-16)23(4)5;/h6-13H,1-5H3,(H2,21,22,24,25);1H/p-1. The minimum atomic E-state index is -0.220. The van der Waals surface area contributed by atoms with Crippen molar-refractivity contribution in [3.63, 3.8) is 0 Å².